The van der Waals surface area contributed by atoms with E-state index in [2.05, 4.69) is 50.2 Å². The van der Waals surface area contributed by atoms with E-state index in [0.29, 0.717) is 0 Å². The van der Waals surface area contributed by atoms with Crippen LogP contribution in [0.1, 0.15) is 22.3 Å². The van der Waals surface area contributed by atoms with Crippen LogP contribution >= 0.6 is 0 Å². The average Bonchev–Trinajstić information content (AvgIpc) is 2.17. The summed E-state index contributed by atoms with van der Waals surface area (Å²) in [6.45, 7) is 4.15. The normalized spacial score (nSPS) is 10.3. The van der Waals surface area contributed by atoms with Crippen molar-refractivity contribution in [2.24, 2.45) is 0 Å². The van der Waals surface area contributed by atoms with Crippen molar-refractivity contribution in [2.75, 3.05) is 0 Å². The third-order valence-electron chi connectivity index (χ3n) is 2.43. The van der Waals surface area contributed by atoms with E-state index in [0.717, 1.165) is 6.42 Å². The molecule has 0 aliphatic rings. The predicted molar refractivity (Wildman–Crippen MR) is 62.8 cm³/mol. The molecule has 0 amide bonds. The van der Waals surface area contributed by atoms with Gasteiger partial charge in [-0.1, -0.05) is 36.4 Å². The van der Waals surface area contributed by atoms with E-state index in [1.165, 1.54) is 22.3 Å². The molecule has 0 aliphatic heterocycles. The van der Waals surface area contributed by atoms with Gasteiger partial charge in [-0.2, -0.15) is 0 Å². The number of hydrogen-bond donors (Lipinski definition) is 0. The average molecular weight is 194 g/mol. The Morgan fingerprint density at radius 3 is 1.73 bits per heavy atom. The lowest BCUT2D eigenvalue weighted by Gasteiger charge is -2.03. The highest BCUT2D eigenvalue weighted by atomic mass is 14.0. The SMILES string of the molecule is Cc1[c]ccc(Cc2cc[c]c(C)c2)c1. The van der Waals surface area contributed by atoms with Gasteiger partial charge in [-0.15, -0.1) is 0 Å². The molecular formula is C15H14. The van der Waals surface area contributed by atoms with Crippen molar-refractivity contribution in [1.29, 1.82) is 0 Å². The maximum absolute atomic E-state index is 3.16. The Morgan fingerprint density at radius 1 is 0.867 bits per heavy atom. The largest absolute Gasteiger partial charge is 0.0581 e. The molecule has 2 aromatic rings. The summed E-state index contributed by atoms with van der Waals surface area (Å²) < 4.78 is 0. The van der Waals surface area contributed by atoms with Crippen molar-refractivity contribution in [2.45, 2.75) is 20.3 Å². The maximum atomic E-state index is 3.16. The van der Waals surface area contributed by atoms with Gasteiger partial charge in [-0.05, 0) is 54.7 Å². The zero-order valence-corrected chi connectivity index (χ0v) is 9.17. The summed E-state index contributed by atoms with van der Waals surface area (Å²) in [7, 11) is 0. The molecule has 0 aliphatic carbocycles. The van der Waals surface area contributed by atoms with Gasteiger partial charge in [-0.3, -0.25) is 0 Å². The van der Waals surface area contributed by atoms with Gasteiger partial charge in [0.2, 0.25) is 0 Å². The van der Waals surface area contributed by atoms with E-state index < -0.39 is 0 Å². The van der Waals surface area contributed by atoms with Crippen molar-refractivity contribution in [3.63, 3.8) is 0 Å². The second-order valence-electron chi connectivity index (χ2n) is 3.94. The Labute approximate surface area is 91.6 Å². The topological polar surface area (TPSA) is 0 Å². The van der Waals surface area contributed by atoms with E-state index in [1.54, 1.807) is 0 Å². The molecule has 2 rings (SSSR count). The van der Waals surface area contributed by atoms with Crippen LogP contribution in [-0.4, -0.2) is 0 Å². The fourth-order valence-electron chi connectivity index (χ4n) is 1.75. The molecule has 0 unspecified atom stereocenters. The number of aryl methyl sites for hydroxylation is 2. The minimum absolute atomic E-state index is 0.991. The van der Waals surface area contributed by atoms with Gasteiger partial charge in [0.15, 0.2) is 0 Å². The van der Waals surface area contributed by atoms with Crippen molar-refractivity contribution in [3.8, 4) is 0 Å². The molecule has 2 radical (unpaired) electrons. The van der Waals surface area contributed by atoms with Gasteiger partial charge in [0.25, 0.3) is 0 Å². The van der Waals surface area contributed by atoms with Gasteiger partial charge in [0.05, 0.1) is 0 Å². The summed E-state index contributed by atoms with van der Waals surface area (Å²) in [4.78, 5) is 0. The van der Waals surface area contributed by atoms with E-state index >= 15 is 0 Å². The third-order valence-corrected chi connectivity index (χ3v) is 2.43. The van der Waals surface area contributed by atoms with Crippen LogP contribution in [0.3, 0.4) is 0 Å². The maximum Gasteiger partial charge on any atom is -0.00256 e. The zero-order chi connectivity index (χ0) is 10.7. The molecule has 0 fully saturated rings. The second-order valence-corrected chi connectivity index (χ2v) is 3.94. The molecule has 0 heterocycles. The van der Waals surface area contributed by atoms with Crippen LogP contribution in [0.4, 0.5) is 0 Å². The molecule has 0 spiro atoms. The summed E-state index contributed by atoms with van der Waals surface area (Å²) >= 11 is 0. The summed E-state index contributed by atoms with van der Waals surface area (Å²) in [5, 5.41) is 0. The summed E-state index contributed by atoms with van der Waals surface area (Å²) in [6, 6.07) is 18.9. The first-order chi connectivity index (χ1) is 7.24. The second kappa shape index (κ2) is 4.31. The molecule has 0 saturated carbocycles. The highest BCUT2D eigenvalue weighted by molar-refractivity contribution is 5.30. The number of hydrogen-bond acceptors (Lipinski definition) is 0. The molecule has 0 nitrogen and oxygen atoms in total. The standard InChI is InChI=1S/C15H14/c1-12-5-3-7-14(9-12)11-15-8-4-6-13(2)10-15/h3-4,7-10H,11H2,1-2H3. The molecule has 0 saturated heterocycles. The summed E-state index contributed by atoms with van der Waals surface area (Å²) in [5.74, 6) is 0. The highest BCUT2D eigenvalue weighted by Gasteiger charge is 1.96. The lowest BCUT2D eigenvalue weighted by Crippen LogP contribution is -1.89. The smallest absolute Gasteiger partial charge is 0.00256 e. The quantitative estimate of drug-likeness (QED) is 0.686. The van der Waals surface area contributed by atoms with Gasteiger partial charge in [-0.25, -0.2) is 0 Å². The highest BCUT2D eigenvalue weighted by Crippen LogP contribution is 2.11. The Balaban J connectivity index is 2.22. The molecule has 0 bridgehead atoms. The van der Waals surface area contributed by atoms with Crippen molar-refractivity contribution >= 4 is 0 Å². The Hall–Kier alpha value is -1.56. The fraction of sp³-hybridized carbons (Fsp3) is 0.200. The van der Waals surface area contributed by atoms with Crippen LogP contribution in [0.15, 0.2) is 36.4 Å². The van der Waals surface area contributed by atoms with Gasteiger partial charge >= 0.3 is 0 Å². The minimum atomic E-state index is 0.991. The summed E-state index contributed by atoms with van der Waals surface area (Å²) in [5.41, 5.74) is 5.09. The van der Waals surface area contributed by atoms with Gasteiger partial charge in [0, 0.05) is 0 Å². The molecule has 0 aromatic heterocycles. The Bertz CT molecular complexity index is 412. The van der Waals surface area contributed by atoms with E-state index in [4.69, 9.17) is 0 Å². The molecule has 0 heteroatoms. The minimum Gasteiger partial charge on any atom is -0.0581 e. The van der Waals surface area contributed by atoms with E-state index in [-0.39, 0.29) is 0 Å². The van der Waals surface area contributed by atoms with Crippen LogP contribution in [0.2, 0.25) is 0 Å². The van der Waals surface area contributed by atoms with Crippen LogP contribution in [0.5, 0.6) is 0 Å². The lowest BCUT2D eigenvalue weighted by atomic mass is 10.0. The first-order valence-electron chi connectivity index (χ1n) is 5.18. The van der Waals surface area contributed by atoms with Gasteiger partial charge in [0.1, 0.15) is 0 Å². The first kappa shape index (κ1) is 9.97. The van der Waals surface area contributed by atoms with Gasteiger partial charge < -0.3 is 0 Å². The summed E-state index contributed by atoms with van der Waals surface area (Å²) in [6.07, 6.45) is 0.991. The number of benzene rings is 2. The van der Waals surface area contributed by atoms with Crippen molar-refractivity contribution in [3.05, 3.63) is 70.8 Å². The first-order valence-corrected chi connectivity index (χ1v) is 5.18. The predicted octanol–water partition coefficient (Wildman–Crippen LogP) is 3.49. The Morgan fingerprint density at radius 2 is 1.33 bits per heavy atom. The molecular weight excluding hydrogens is 180 g/mol. The third kappa shape index (κ3) is 2.69. The van der Waals surface area contributed by atoms with Crippen LogP contribution < -0.4 is 0 Å². The van der Waals surface area contributed by atoms with Crippen LogP contribution in [0.25, 0.3) is 0 Å². The molecule has 15 heavy (non-hydrogen) atoms. The fourth-order valence-corrected chi connectivity index (χ4v) is 1.75. The Kier molecular flexibility index (Phi) is 2.86. The zero-order valence-electron chi connectivity index (χ0n) is 9.17. The monoisotopic (exact) mass is 194 g/mol. The van der Waals surface area contributed by atoms with E-state index in [1.807, 2.05) is 12.1 Å². The molecule has 2 aromatic carbocycles. The molecule has 74 valence electrons. The lowest BCUT2D eigenvalue weighted by molar-refractivity contribution is 1.17. The molecule has 0 atom stereocenters. The van der Waals surface area contributed by atoms with Crippen LogP contribution in [-0.2, 0) is 6.42 Å². The molecule has 0 N–H and O–H groups in total. The van der Waals surface area contributed by atoms with Crippen LogP contribution in [0, 0.1) is 26.0 Å². The van der Waals surface area contributed by atoms with E-state index in [9.17, 15) is 0 Å². The van der Waals surface area contributed by atoms with Crippen molar-refractivity contribution < 1.29 is 0 Å². The van der Waals surface area contributed by atoms with Crippen molar-refractivity contribution in [1.82, 2.24) is 0 Å². The number of rotatable bonds is 2.